The van der Waals surface area contributed by atoms with Gasteiger partial charge in [-0.05, 0) is 18.6 Å². The number of benzene rings is 1. The Morgan fingerprint density at radius 1 is 1.15 bits per heavy atom. The molecule has 0 unspecified atom stereocenters. The van der Waals surface area contributed by atoms with E-state index in [1.165, 1.54) is 0 Å². The maximum atomic E-state index is 5.78. The van der Waals surface area contributed by atoms with Crippen LogP contribution in [0, 0.1) is 0 Å². The lowest BCUT2D eigenvalue weighted by Crippen LogP contribution is -2.01. The van der Waals surface area contributed by atoms with Crippen molar-refractivity contribution >= 4 is 5.82 Å². The highest BCUT2D eigenvalue weighted by Gasteiger charge is 2.06. The molecule has 5 heteroatoms. The first-order valence-corrected chi connectivity index (χ1v) is 6.62. The molecule has 0 bridgehead atoms. The summed E-state index contributed by atoms with van der Waals surface area (Å²) < 4.78 is 11.0. The molecule has 1 aromatic heterocycles. The molecule has 20 heavy (non-hydrogen) atoms. The summed E-state index contributed by atoms with van der Waals surface area (Å²) in [6.07, 6.45) is 1.82. The first-order chi connectivity index (χ1) is 9.75. The lowest BCUT2D eigenvalue weighted by atomic mass is 10.3. The van der Waals surface area contributed by atoms with Gasteiger partial charge in [0.05, 0.1) is 7.11 Å². The molecule has 0 aliphatic rings. The fourth-order valence-corrected chi connectivity index (χ4v) is 1.77. The molecular weight excluding hydrogens is 254 g/mol. The number of hydrogen-bond acceptors (Lipinski definition) is 5. The quantitative estimate of drug-likeness (QED) is 0.875. The highest BCUT2D eigenvalue weighted by molar-refractivity contribution is 5.40. The third kappa shape index (κ3) is 3.60. The van der Waals surface area contributed by atoms with E-state index in [0.29, 0.717) is 11.6 Å². The molecule has 106 valence electrons. The summed E-state index contributed by atoms with van der Waals surface area (Å²) in [5.74, 6) is 3.49. The largest absolute Gasteiger partial charge is 0.497 e. The number of rotatable bonds is 6. The highest BCUT2D eigenvalue weighted by Crippen LogP contribution is 2.25. The number of ether oxygens (including phenoxy) is 2. The fraction of sp³-hybridized carbons (Fsp3) is 0.333. The second-order valence-corrected chi connectivity index (χ2v) is 4.29. The van der Waals surface area contributed by atoms with Gasteiger partial charge in [-0.2, -0.15) is 4.98 Å². The molecule has 2 rings (SSSR count). The van der Waals surface area contributed by atoms with Crippen molar-refractivity contribution in [2.75, 3.05) is 19.5 Å². The van der Waals surface area contributed by atoms with E-state index in [1.807, 2.05) is 31.3 Å². The normalized spacial score (nSPS) is 10.2. The van der Waals surface area contributed by atoms with E-state index in [4.69, 9.17) is 9.47 Å². The van der Waals surface area contributed by atoms with E-state index in [1.54, 1.807) is 13.2 Å². The molecule has 1 heterocycles. The Balaban J connectivity index is 2.24. The summed E-state index contributed by atoms with van der Waals surface area (Å²) in [5.41, 5.74) is 0. The zero-order valence-corrected chi connectivity index (χ0v) is 12.0. The molecule has 5 nitrogen and oxygen atoms in total. The third-order valence-corrected chi connectivity index (χ3v) is 2.74. The molecule has 0 saturated heterocycles. The van der Waals surface area contributed by atoms with Crippen molar-refractivity contribution in [3.63, 3.8) is 0 Å². The van der Waals surface area contributed by atoms with Crippen molar-refractivity contribution in [3.8, 4) is 17.4 Å². The second kappa shape index (κ2) is 6.75. The summed E-state index contributed by atoms with van der Waals surface area (Å²) in [5, 5.41) is 3.02. The zero-order valence-electron chi connectivity index (χ0n) is 12.0. The Morgan fingerprint density at radius 3 is 2.65 bits per heavy atom. The summed E-state index contributed by atoms with van der Waals surface area (Å²) >= 11 is 0. The van der Waals surface area contributed by atoms with Gasteiger partial charge in [0.15, 0.2) is 0 Å². The van der Waals surface area contributed by atoms with Crippen LogP contribution in [0.4, 0.5) is 5.82 Å². The number of methoxy groups -OCH3 is 1. The maximum Gasteiger partial charge on any atom is 0.224 e. The van der Waals surface area contributed by atoms with Crippen LogP contribution in [0.5, 0.6) is 17.4 Å². The predicted octanol–water partition coefficient (Wildman–Crippen LogP) is 3.27. The zero-order chi connectivity index (χ0) is 14.4. The minimum absolute atomic E-state index is 0.529. The molecule has 0 radical (unpaired) electrons. The molecule has 0 fully saturated rings. The van der Waals surface area contributed by atoms with E-state index in [-0.39, 0.29) is 0 Å². The number of aromatic nitrogens is 2. The minimum Gasteiger partial charge on any atom is -0.497 e. The Hall–Kier alpha value is -2.30. The van der Waals surface area contributed by atoms with Crippen molar-refractivity contribution < 1.29 is 9.47 Å². The second-order valence-electron chi connectivity index (χ2n) is 4.29. The van der Waals surface area contributed by atoms with Crippen LogP contribution in [0.2, 0.25) is 0 Å². The number of nitrogens with one attached hydrogen (secondary N) is 1. The number of anilines is 1. The van der Waals surface area contributed by atoms with E-state index in [9.17, 15) is 0 Å². The van der Waals surface area contributed by atoms with Crippen molar-refractivity contribution in [2.24, 2.45) is 0 Å². The number of aryl methyl sites for hydroxylation is 1. The van der Waals surface area contributed by atoms with Crippen LogP contribution in [0.25, 0.3) is 0 Å². The molecule has 0 amide bonds. The van der Waals surface area contributed by atoms with Crippen molar-refractivity contribution in [1.82, 2.24) is 9.97 Å². The van der Waals surface area contributed by atoms with Crippen LogP contribution in [0.1, 0.15) is 19.2 Å². The number of hydrogen-bond donors (Lipinski definition) is 1. The van der Waals surface area contributed by atoms with Crippen LogP contribution < -0.4 is 14.8 Å². The molecule has 0 aliphatic heterocycles. The van der Waals surface area contributed by atoms with Gasteiger partial charge in [0.25, 0.3) is 0 Å². The van der Waals surface area contributed by atoms with Gasteiger partial charge >= 0.3 is 0 Å². The standard InChI is InChI=1S/C15H19N3O2/c1-4-6-13-17-14(16-2)10-15(18-13)20-12-8-5-7-11(9-12)19-3/h5,7-10H,4,6H2,1-3H3,(H,16,17,18). The molecule has 0 atom stereocenters. The van der Waals surface area contributed by atoms with Gasteiger partial charge in [-0.15, -0.1) is 0 Å². The smallest absolute Gasteiger partial charge is 0.224 e. The van der Waals surface area contributed by atoms with E-state index < -0.39 is 0 Å². The van der Waals surface area contributed by atoms with Gasteiger partial charge in [-0.3, -0.25) is 0 Å². The number of nitrogens with zero attached hydrogens (tertiary/aromatic N) is 2. The highest BCUT2D eigenvalue weighted by atomic mass is 16.5. The third-order valence-electron chi connectivity index (χ3n) is 2.74. The summed E-state index contributed by atoms with van der Waals surface area (Å²) in [7, 11) is 3.45. The van der Waals surface area contributed by atoms with Gasteiger partial charge in [-0.1, -0.05) is 13.0 Å². The Morgan fingerprint density at radius 2 is 1.95 bits per heavy atom. The Kier molecular flexibility index (Phi) is 4.76. The van der Waals surface area contributed by atoms with Crippen LogP contribution in [0.3, 0.4) is 0 Å². The first kappa shape index (κ1) is 14.1. The van der Waals surface area contributed by atoms with Crippen molar-refractivity contribution in [3.05, 3.63) is 36.2 Å². The van der Waals surface area contributed by atoms with Gasteiger partial charge in [-0.25, -0.2) is 4.98 Å². The Labute approximate surface area is 119 Å². The molecule has 0 aliphatic carbocycles. The van der Waals surface area contributed by atoms with E-state index >= 15 is 0 Å². The van der Waals surface area contributed by atoms with Crippen LogP contribution in [-0.2, 0) is 6.42 Å². The average Bonchev–Trinajstić information content (AvgIpc) is 2.47. The first-order valence-electron chi connectivity index (χ1n) is 6.62. The predicted molar refractivity (Wildman–Crippen MR) is 78.6 cm³/mol. The van der Waals surface area contributed by atoms with E-state index in [2.05, 4.69) is 22.2 Å². The summed E-state index contributed by atoms with van der Waals surface area (Å²) in [6, 6.07) is 9.21. The lowest BCUT2D eigenvalue weighted by Gasteiger charge is -2.09. The lowest BCUT2D eigenvalue weighted by molar-refractivity contribution is 0.407. The molecule has 1 aromatic carbocycles. The average molecular weight is 273 g/mol. The summed E-state index contributed by atoms with van der Waals surface area (Å²) in [6.45, 7) is 2.10. The van der Waals surface area contributed by atoms with Gasteiger partial charge < -0.3 is 14.8 Å². The molecule has 1 N–H and O–H groups in total. The molecule has 2 aromatic rings. The van der Waals surface area contributed by atoms with Gasteiger partial charge in [0, 0.05) is 25.6 Å². The fourth-order valence-electron chi connectivity index (χ4n) is 1.77. The van der Waals surface area contributed by atoms with Crippen LogP contribution in [0.15, 0.2) is 30.3 Å². The molecule has 0 spiro atoms. The molecule has 0 saturated carbocycles. The SMILES string of the molecule is CCCc1nc(NC)cc(Oc2cccc(OC)c2)n1. The van der Waals surface area contributed by atoms with Gasteiger partial charge in [0.1, 0.15) is 23.1 Å². The van der Waals surface area contributed by atoms with Crippen LogP contribution in [-0.4, -0.2) is 24.1 Å². The van der Waals surface area contributed by atoms with Crippen molar-refractivity contribution in [1.29, 1.82) is 0 Å². The topological polar surface area (TPSA) is 56.3 Å². The molecular formula is C15H19N3O2. The minimum atomic E-state index is 0.529. The monoisotopic (exact) mass is 273 g/mol. The Bertz CT molecular complexity index is 573. The van der Waals surface area contributed by atoms with Crippen molar-refractivity contribution in [2.45, 2.75) is 19.8 Å². The van der Waals surface area contributed by atoms with Crippen LogP contribution >= 0.6 is 0 Å². The van der Waals surface area contributed by atoms with E-state index in [0.717, 1.165) is 30.2 Å². The summed E-state index contributed by atoms with van der Waals surface area (Å²) in [4.78, 5) is 8.80. The van der Waals surface area contributed by atoms with Gasteiger partial charge in [0.2, 0.25) is 5.88 Å². The maximum absolute atomic E-state index is 5.78.